The van der Waals surface area contributed by atoms with Gasteiger partial charge in [0, 0.05) is 24.3 Å². The van der Waals surface area contributed by atoms with E-state index in [0.29, 0.717) is 29.6 Å². The van der Waals surface area contributed by atoms with Crippen molar-refractivity contribution in [2.45, 2.75) is 6.92 Å². The Morgan fingerprint density at radius 2 is 1.65 bits per heavy atom. The van der Waals surface area contributed by atoms with Crippen LogP contribution in [-0.4, -0.2) is 29.1 Å². The van der Waals surface area contributed by atoms with Crippen molar-refractivity contribution in [2.24, 2.45) is 0 Å². The van der Waals surface area contributed by atoms with E-state index in [1.165, 1.54) is 0 Å². The number of hydrogen-bond donors (Lipinski definition) is 1. The standard InChI is InChI=1S/C21H22N2O2S/c1-4-14-23(15-5-2)21(26)25-19-12-8-17(9-13-19)20(24)22-18-10-6-16(3)7-11-18/h4-13H,1-2,14-15H2,3H3,(H,22,24). The number of nitrogens with one attached hydrogen (secondary N) is 1. The molecule has 0 heterocycles. The fraction of sp³-hybridized carbons (Fsp3) is 0.143. The number of aryl methyl sites for hydroxylation is 1. The Labute approximate surface area is 159 Å². The van der Waals surface area contributed by atoms with E-state index in [9.17, 15) is 4.79 Å². The van der Waals surface area contributed by atoms with E-state index in [2.05, 4.69) is 18.5 Å². The van der Waals surface area contributed by atoms with Gasteiger partial charge in [-0.1, -0.05) is 29.8 Å². The minimum Gasteiger partial charge on any atom is -0.432 e. The molecule has 0 bridgehead atoms. The second-order valence-electron chi connectivity index (χ2n) is 5.69. The zero-order valence-corrected chi connectivity index (χ0v) is 15.6. The summed E-state index contributed by atoms with van der Waals surface area (Å²) in [6.45, 7) is 10.6. The van der Waals surface area contributed by atoms with Crippen LogP contribution in [0.3, 0.4) is 0 Å². The van der Waals surface area contributed by atoms with E-state index in [-0.39, 0.29) is 5.91 Å². The second kappa shape index (κ2) is 9.53. The number of carbonyl (C=O) groups excluding carboxylic acids is 1. The molecule has 4 nitrogen and oxygen atoms in total. The number of carbonyl (C=O) groups is 1. The summed E-state index contributed by atoms with van der Waals surface area (Å²) in [6.07, 6.45) is 3.50. The van der Waals surface area contributed by atoms with Gasteiger partial charge in [0.2, 0.25) is 0 Å². The van der Waals surface area contributed by atoms with Gasteiger partial charge in [-0.2, -0.15) is 0 Å². The lowest BCUT2D eigenvalue weighted by molar-refractivity contribution is 0.102. The maximum absolute atomic E-state index is 12.3. The molecule has 0 spiro atoms. The molecule has 0 saturated heterocycles. The third-order valence-electron chi connectivity index (χ3n) is 3.59. The number of rotatable bonds is 7. The molecule has 2 rings (SSSR count). The topological polar surface area (TPSA) is 41.6 Å². The van der Waals surface area contributed by atoms with Crippen LogP contribution in [0, 0.1) is 6.92 Å². The van der Waals surface area contributed by atoms with Crippen LogP contribution >= 0.6 is 12.2 Å². The van der Waals surface area contributed by atoms with E-state index >= 15 is 0 Å². The van der Waals surface area contributed by atoms with Gasteiger partial charge in [0.25, 0.3) is 11.1 Å². The third-order valence-corrected chi connectivity index (χ3v) is 3.93. The molecular weight excluding hydrogens is 344 g/mol. The van der Waals surface area contributed by atoms with Crippen LogP contribution < -0.4 is 10.1 Å². The van der Waals surface area contributed by atoms with Crippen molar-refractivity contribution in [1.29, 1.82) is 0 Å². The lowest BCUT2D eigenvalue weighted by Gasteiger charge is -2.21. The molecule has 0 atom stereocenters. The SMILES string of the molecule is C=CCN(CC=C)C(=S)Oc1ccc(C(=O)Nc2ccc(C)cc2)cc1. The molecule has 0 radical (unpaired) electrons. The van der Waals surface area contributed by atoms with Crippen LogP contribution in [0.1, 0.15) is 15.9 Å². The van der Waals surface area contributed by atoms with Crippen LogP contribution in [0.2, 0.25) is 0 Å². The summed E-state index contributed by atoms with van der Waals surface area (Å²) >= 11 is 5.30. The summed E-state index contributed by atoms with van der Waals surface area (Å²) in [6, 6.07) is 14.5. The van der Waals surface area contributed by atoms with Crippen LogP contribution in [0.15, 0.2) is 73.8 Å². The van der Waals surface area contributed by atoms with Gasteiger partial charge in [0.1, 0.15) is 5.75 Å². The van der Waals surface area contributed by atoms with Crippen molar-refractivity contribution >= 4 is 29.0 Å². The highest BCUT2D eigenvalue weighted by Gasteiger charge is 2.10. The lowest BCUT2D eigenvalue weighted by Crippen LogP contribution is -2.33. The third kappa shape index (κ3) is 5.57. The number of hydrogen-bond acceptors (Lipinski definition) is 3. The quantitative estimate of drug-likeness (QED) is 0.575. The highest BCUT2D eigenvalue weighted by molar-refractivity contribution is 7.80. The minimum atomic E-state index is -0.178. The van der Waals surface area contributed by atoms with E-state index in [0.717, 1.165) is 11.3 Å². The average Bonchev–Trinajstić information content (AvgIpc) is 2.64. The lowest BCUT2D eigenvalue weighted by atomic mass is 10.2. The van der Waals surface area contributed by atoms with Crippen LogP contribution in [0.25, 0.3) is 0 Å². The molecule has 0 aliphatic rings. The first-order valence-electron chi connectivity index (χ1n) is 8.20. The van der Waals surface area contributed by atoms with Crippen molar-refractivity contribution in [3.63, 3.8) is 0 Å². The van der Waals surface area contributed by atoms with Crippen LogP contribution in [0.5, 0.6) is 5.75 Å². The Balaban J connectivity index is 1.99. The van der Waals surface area contributed by atoms with E-state index < -0.39 is 0 Å². The van der Waals surface area contributed by atoms with E-state index in [4.69, 9.17) is 17.0 Å². The first kappa shape index (κ1) is 19.4. The zero-order valence-electron chi connectivity index (χ0n) is 14.8. The Kier molecular flexibility index (Phi) is 7.12. The summed E-state index contributed by atoms with van der Waals surface area (Å²) in [5.74, 6) is 0.392. The maximum Gasteiger partial charge on any atom is 0.265 e. The molecule has 5 heteroatoms. The number of thiocarbonyl (C=S) groups is 1. The molecule has 0 aliphatic carbocycles. The van der Waals surface area contributed by atoms with Gasteiger partial charge < -0.3 is 15.0 Å². The summed E-state index contributed by atoms with van der Waals surface area (Å²) in [5.41, 5.74) is 2.44. The second-order valence-corrected chi connectivity index (χ2v) is 6.04. The normalized spacial score (nSPS) is 9.88. The Morgan fingerprint density at radius 3 is 2.19 bits per heavy atom. The summed E-state index contributed by atoms with van der Waals surface area (Å²) in [5, 5.41) is 3.20. The maximum atomic E-state index is 12.3. The molecule has 0 saturated carbocycles. The van der Waals surface area contributed by atoms with Gasteiger partial charge in [-0.05, 0) is 55.5 Å². The van der Waals surface area contributed by atoms with Crippen molar-refractivity contribution in [2.75, 3.05) is 18.4 Å². The zero-order chi connectivity index (χ0) is 18.9. The molecule has 1 amide bonds. The molecule has 134 valence electrons. The van der Waals surface area contributed by atoms with Crippen molar-refractivity contribution < 1.29 is 9.53 Å². The molecule has 26 heavy (non-hydrogen) atoms. The van der Waals surface area contributed by atoms with Gasteiger partial charge in [0.05, 0.1) is 0 Å². The minimum absolute atomic E-state index is 0.178. The van der Waals surface area contributed by atoms with Crippen molar-refractivity contribution in [1.82, 2.24) is 4.90 Å². The van der Waals surface area contributed by atoms with Crippen molar-refractivity contribution in [3.05, 3.63) is 85.0 Å². The van der Waals surface area contributed by atoms with Crippen LogP contribution in [0.4, 0.5) is 5.69 Å². The van der Waals surface area contributed by atoms with E-state index in [1.807, 2.05) is 36.1 Å². The van der Waals surface area contributed by atoms with Gasteiger partial charge in [0.15, 0.2) is 0 Å². The summed E-state index contributed by atoms with van der Waals surface area (Å²) in [4.78, 5) is 14.1. The number of benzene rings is 2. The largest absolute Gasteiger partial charge is 0.432 e. The van der Waals surface area contributed by atoms with Crippen molar-refractivity contribution in [3.8, 4) is 5.75 Å². The first-order valence-corrected chi connectivity index (χ1v) is 8.61. The first-order chi connectivity index (χ1) is 12.5. The molecule has 2 aromatic carbocycles. The summed E-state index contributed by atoms with van der Waals surface area (Å²) in [7, 11) is 0. The molecule has 0 aliphatic heterocycles. The molecule has 0 aromatic heterocycles. The Bertz CT molecular complexity index is 773. The highest BCUT2D eigenvalue weighted by Crippen LogP contribution is 2.16. The predicted molar refractivity (Wildman–Crippen MR) is 111 cm³/mol. The number of ether oxygens (including phenoxy) is 1. The van der Waals surface area contributed by atoms with Gasteiger partial charge in [-0.3, -0.25) is 4.79 Å². The predicted octanol–water partition coefficient (Wildman–Crippen LogP) is 4.59. The number of amides is 1. The van der Waals surface area contributed by atoms with Gasteiger partial charge >= 0.3 is 0 Å². The molecule has 0 unspecified atom stereocenters. The Hall–Kier alpha value is -2.92. The molecule has 1 N–H and O–H groups in total. The number of anilines is 1. The number of nitrogens with zero attached hydrogens (tertiary/aromatic N) is 1. The monoisotopic (exact) mass is 366 g/mol. The average molecular weight is 366 g/mol. The molecular formula is C21H22N2O2S. The fourth-order valence-corrected chi connectivity index (χ4v) is 2.46. The highest BCUT2D eigenvalue weighted by atomic mass is 32.1. The Morgan fingerprint density at radius 1 is 1.08 bits per heavy atom. The molecule has 2 aromatic rings. The molecule has 0 fully saturated rings. The van der Waals surface area contributed by atoms with E-state index in [1.54, 1.807) is 36.4 Å². The van der Waals surface area contributed by atoms with Crippen LogP contribution in [-0.2, 0) is 0 Å². The fourth-order valence-electron chi connectivity index (χ4n) is 2.22. The smallest absolute Gasteiger partial charge is 0.265 e. The van der Waals surface area contributed by atoms with Gasteiger partial charge in [-0.15, -0.1) is 13.2 Å². The summed E-state index contributed by atoms with van der Waals surface area (Å²) < 4.78 is 5.68. The van der Waals surface area contributed by atoms with Gasteiger partial charge in [-0.25, -0.2) is 0 Å².